The summed E-state index contributed by atoms with van der Waals surface area (Å²) in [5.41, 5.74) is 0.611. The molecule has 7 heteroatoms. The van der Waals surface area contributed by atoms with Crippen molar-refractivity contribution in [3.05, 3.63) is 34.3 Å². The van der Waals surface area contributed by atoms with Crippen LogP contribution in [0.2, 0.25) is 0 Å². The second-order valence-electron chi connectivity index (χ2n) is 4.74. The van der Waals surface area contributed by atoms with Gasteiger partial charge < -0.3 is 16.0 Å². The van der Waals surface area contributed by atoms with Crippen LogP contribution >= 0.6 is 28.3 Å². The van der Waals surface area contributed by atoms with Gasteiger partial charge in [0.05, 0.1) is 5.92 Å². The molecule has 2 amide bonds. The van der Waals surface area contributed by atoms with E-state index in [0.29, 0.717) is 18.7 Å². The van der Waals surface area contributed by atoms with E-state index < -0.39 is 0 Å². The third-order valence-electron chi connectivity index (χ3n) is 3.25. The Morgan fingerprint density at radius 2 is 1.86 bits per heavy atom. The van der Waals surface area contributed by atoms with E-state index in [9.17, 15) is 9.59 Å². The lowest BCUT2D eigenvalue weighted by atomic mass is 10.1. The lowest BCUT2D eigenvalue weighted by Gasteiger charge is -2.10. The number of nitrogens with one attached hydrogen (secondary N) is 3. The second-order valence-corrected chi connectivity index (χ2v) is 5.66. The quantitative estimate of drug-likeness (QED) is 0.679. The summed E-state index contributed by atoms with van der Waals surface area (Å²) < 4.78 is 0.937. The van der Waals surface area contributed by atoms with Gasteiger partial charge in [0.1, 0.15) is 0 Å². The van der Waals surface area contributed by atoms with Crippen molar-refractivity contribution in [2.45, 2.75) is 6.42 Å². The number of carbonyl (C=O) groups is 2. The van der Waals surface area contributed by atoms with E-state index in [1.165, 1.54) is 0 Å². The third-order valence-corrected chi connectivity index (χ3v) is 3.78. The molecule has 3 N–H and O–H groups in total. The first-order valence-electron chi connectivity index (χ1n) is 6.69. The zero-order valence-electron chi connectivity index (χ0n) is 11.5. The monoisotopic (exact) mass is 375 g/mol. The molecule has 0 aliphatic carbocycles. The van der Waals surface area contributed by atoms with Crippen molar-refractivity contribution in [2.24, 2.45) is 5.92 Å². The summed E-state index contributed by atoms with van der Waals surface area (Å²) in [5, 5.41) is 8.77. The third kappa shape index (κ3) is 5.65. The molecule has 1 aliphatic heterocycles. The van der Waals surface area contributed by atoms with Crippen molar-refractivity contribution in [2.75, 3.05) is 26.2 Å². The first kappa shape index (κ1) is 17.9. The molecule has 1 unspecified atom stereocenters. The molecule has 2 rings (SSSR count). The minimum atomic E-state index is -0.130. The maximum absolute atomic E-state index is 11.8. The molecule has 1 aromatic carbocycles. The summed E-state index contributed by atoms with van der Waals surface area (Å²) in [7, 11) is 0. The van der Waals surface area contributed by atoms with Gasteiger partial charge in [0.2, 0.25) is 5.91 Å². The highest BCUT2D eigenvalue weighted by Crippen LogP contribution is 2.10. The molecule has 1 saturated heterocycles. The van der Waals surface area contributed by atoms with Crippen LogP contribution in [0.3, 0.4) is 0 Å². The van der Waals surface area contributed by atoms with Crippen LogP contribution in [0.25, 0.3) is 0 Å². The van der Waals surface area contributed by atoms with E-state index in [1.54, 1.807) is 12.1 Å². The molecule has 21 heavy (non-hydrogen) atoms. The highest BCUT2D eigenvalue weighted by molar-refractivity contribution is 9.10. The van der Waals surface area contributed by atoms with E-state index in [1.807, 2.05) is 12.1 Å². The highest BCUT2D eigenvalue weighted by Gasteiger charge is 2.21. The standard InChI is InChI=1S/C14H18BrN3O2.ClH/c15-12-3-1-10(2-4-12)13(19)17-7-8-18-14(20)11-5-6-16-9-11;/h1-4,11,16H,5-9H2,(H,17,19)(H,18,20);1H. The van der Waals surface area contributed by atoms with Crippen molar-refractivity contribution >= 4 is 40.2 Å². The van der Waals surface area contributed by atoms with Crippen LogP contribution in [-0.4, -0.2) is 38.0 Å². The predicted octanol–water partition coefficient (Wildman–Crippen LogP) is 1.33. The smallest absolute Gasteiger partial charge is 0.251 e. The van der Waals surface area contributed by atoms with Crippen LogP contribution in [-0.2, 0) is 4.79 Å². The SMILES string of the molecule is Cl.O=C(NCCNC(=O)C1CCNC1)c1ccc(Br)cc1. The number of amides is 2. The van der Waals surface area contributed by atoms with Gasteiger partial charge in [-0.15, -0.1) is 12.4 Å². The van der Waals surface area contributed by atoms with Gasteiger partial charge in [0.15, 0.2) is 0 Å². The Hall–Kier alpha value is -1.11. The first-order chi connectivity index (χ1) is 9.66. The number of hydrogen-bond acceptors (Lipinski definition) is 3. The zero-order valence-corrected chi connectivity index (χ0v) is 13.9. The zero-order chi connectivity index (χ0) is 14.4. The number of hydrogen-bond donors (Lipinski definition) is 3. The fourth-order valence-electron chi connectivity index (χ4n) is 2.09. The predicted molar refractivity (Wildman–Crippen MR) is 87.7 cm³/mol. The van der Waals surface area contributed by atoms with Gasteiger partial charge in [-0.2, -0.15) is 0 Å². The Labute approximate surface area is 138 Å². The van der Waals surface area contributed by atoms with Crippen LogP contribution in [0.15, 0.2) is 28.7 Å². The Kier molecular flexibility index (Phi) is 7.71. The van der Waals surface area contributed by atoms with Crippen LogP contribution in [0.1, 0.15) is 16.8 Å². The van der Waals surface area contributed by atoms with Crippen molar-refractivity contribution < 1.29 is 9.59 Å². The molecule has 1 aliphatic rings. The molecule has 0 aromatic heterocycles. The van der Waals surface area contributed by atoms with E-state index in [0.717, 1.165) is 24.0 Å². The summed E-state index contributed by atoms with van der Waals surface area (Å²) in [6, 6.07) is 7.15. The van der Waals surface area contributed by atoms with E-state index in [-0.39, 0.29) is 30.1 Å². The number of benzene rings is 1. The molecule has 0 saturated carbocycles. The molecule has 1 aromatic rings. The Balaban J connectivity index is 0.00000220. The lowest BCUT2D eigenvalue weighted by Crippen LogP contribution is -2.38. The van der Waals surface area contributed by atoms with Crippen LogP contribution in [0.4, 0.5) is 0 Å². The normalized spacial score (nSPS) is 16.9. The van der Waals surface area contributed by atoms with E-state index in [4.69, 9.17) is 0 Å². The molecule has 116 valence electrons. The maximum atomic E-state index is 11.8. The molecule has 1 atom stereocenters. The fourth-order valence-corrected chi connectivity index (χ4v) is 2.35. The average Bonchev–Trinajstić information content (AvgIpc) is 2.98. The first-order valence-corrected chi connectivity index (χ1v) is 7.48. The molecular formula is C14H19BrClN3O2. The van der Waals surface area contributed by atoms with E-state index in [2.05, 4.69) is 31.9 Å². The number of carbonyl (C=O) groups excluding carboxylic acids is 2. The van der Waals surface area contributed by atoms with Gasteiger partial charge in [-0.3, -0.25) is 9.59 Å². The minimum absolute atomic E-state index is 0. The molecule has 1 heterocycles. The number of rotatable bonds is 5. The van der Waals surface area contributed by atoms with Gasteiger partial charge >= 0.3 is 0 Å². The largest absolute Gasteiger partial charge is 0.354 e. The maximum Gasteiger partial charge on any atom is 0.251 e. The summed E-state index contributed by atoms with van der Waals surface area (Å²) in [6.07, 6.45) is 0.886. The van der Waals surface area contributed by atoms with Crippen LogP contribution in [0.5, 0.6) is 0 Å². The molecule has 1 fully saturated rings. The van der Waals surface area contributed by atoms with Gasteiger partial charge in [-0.1, -0.05) is 15.9 Å². The molecule has 0 spiro atoms. The minimum Gasteiger partial charge on any atom is -0.354 e. The van der Waals surface area contributed by atoms with Crippen molar-refractivity contribution in [3.63, 3.8) is 0 Å². The average molecular weight is 377 g/mol. The molecule has 0 bridgehead atoms. The topological polar surface area (TPSA) is 70.2 Å². The number of halogens is 2. The summed E-state index contributed by atoms with van der Waals surface area (Å²) >= 11 is 3.32. The highest BCUT2D eigenvalue weighted by atomic mass is 79.9. The van der Waals surface area contributed by atoms with Crippen molar-refractivity contribution in [3.8, 4) is 0 Å². The lowest BCUT2D eigenvalue weighted by molar-refractivity contribution is -0.124. The van der Waals surface area contributed by atoms with Crippen molar-refractivity contribution in [1.29, 1.82) is 0 Å². The fraction of sp³-hybridized carbons (Fsp3) is 0.429. The van der Waals surface area contributed by atoms with Crippen LogP contribution < -0.4 is 16.0 Å². The molecular weight excluding hydrogens is 358 g/mol. The van der Waals surface area contributed by atoms with Crippen LogP contribution in [0, 0.1) is 5.92 Å². The summed E-state index contributed by atoms with van der Waals surface area (Å²) in [6.45, 7) is 2.54. The van der Waals surface area contributed by atoms with E-state index >= 15 is 0 Å². The van der Waals surface area contributed by atoms with Crippen molar-refractivity contribution in [1.82, 2.24) is 16.0 Å². The Morgan fingerprint density at radius 1 is 1.19 bits per heavy atom. The van der Waals surface area contributed by atoms with Gasteiger partial charge in [0, 0.05) is 29.7 Å². The van der Waals surface area contributed by atoms with Gasteiger partial charge in [-0.05, 0) is 37.2 Å². The van der Waals surface area contributed by atoms with Gasteiger partial charge in [0.25, 0.3) is 5.91 Å². The Bertz CT molecular complexity index is 476. The molecule has 5 nitrogen and oxygen atoms in total. The molecule has 0 radical (unpaired) electrons. The summed E-state index contributed by atoms with van der Waals surface area (Å²) in [5.74, 6) is -0.000604. The summed E-state index contributed by atoms with van der Waals surface area (Å²) in [4.78, 5) is 23.5. The van der Waals surface area contributed by atoms with Gasteiger partial charge in [-0.25, -0.2) is 0 Å². The Morgan fingerprint density at radius 3 is 2.48 bits per heavy atom. The second kappa shape index (κ2) is 9.02.